The Morgan fingerprint density at radius 1 is 1.10 bits per heavy atom. The Morgan fingerprint density at radius 2 is 1.75 bits per heavy atom. The van der Waals surface area contributed by atoms with E-state index in [0.29, 0.717) is 0 Å². The van der Waals surface area contributed by atoms with Crippen molar-refractivity contribution in [1.82, 2.24) is 0 Å². The minimum absolute atomic E-state index is 0.718. The molecule has 0 aromatic heterocycles. The molecule has 0 saturated heterocycles. The third-order valence-corrected chi connectivity index (χ3v) is 6.21. The fourth-order valence-electron chi connectivity index (χ4n) is 4.00. The van der Waals surface area contributed by atoms with E-state index < -0.39 is 0 Å². The van der Waals surface area contributed by atoms with Gasteiger partial charge >= 0.3 is 0 Å². The van der Waals surface area contributed by atoms with Crippen molar-refractivity contribution in [3.05, 3.63) is 34.4 Å². The lowest BCUT2D eigenvalue weighted by Crippen LogP contribution is -2.27. The first-order valence-electron chi connectivity index (χ1n) is 8.22. The highest BCUT2D eigenvalue weighted by molar-refractivity contribution is 9.09. The highest BCUT2D eigenvalue weighted by atomic mass is 79.9. The van der Waals surface area contributed by atoms with Gasteiger partial charge < -0.3 is 0 Å². The van der Waals surface area contributed by atoms with Crippen LogP contribution in [-0.4, -0.2) is 4.83 Å². The molecule has 1 aromatic carbocycles. The van der Waals surface area contributed by atoms with Crippen molar-refractivity contribution >= 4 is 15.9 Å². The van der Waals surface area contributed by atoms with Gasteiger partial charge in [-0.05, 0) is 75.0 Å². The minimum atomic E-state index is 0.718. The Morgan fingerprint density at radius 3 is 2.35 bits per heavy atom. The lowest BCUT2D eigenvalue weighted by molar-refractivity contribution is 0.263. The third-order valence-electron chi connectivity index (χ3n) is 5.00. The van der Waals surface area contributed by atoms with Gasteiger partial charge in [0.1, 0.15) is 0 Å². The lowest BCUT2D eigenvalue weighted by atomic mass is 9.76. The Hall–Kier alpha value is -0.300. The summed E-state index contributed by atoms with van der Waals surface area (Å²) in [7, 11) is 0. The highest BCUT2D eigenvalue weighted by Crippen LogP contribution is 2.38. The molecule has 0 aliphatic heterocycles. The summed E-state index contributed by atoms with van der Waals surface area (Å²) in [6, 6.07) is 4.69. The van der Waals surface area contributed by atoms with Crippen molar-refractivity contribution < 1.29 is 0 Å². The van der Waals surface area contributed by atoms with E-state index in [4.69, 9.17) is 0 Å². The van der Waals surface area contributed by atoms with Crippen molar-refractivity contribution in [1.29, 1.82) is 0 Å². The molecule has 0 heterocycles. The second kappa shape index (κ2) is 7.11. The zero-order valence-electron chi connectivity index (χ0n) is 13.5. The molecule has 1 aromatic rings. The number of rotatable bonds is 4. The standard InChI is InChI=1S/C19H29Br/c1-5-6-16-7-8-19(20)17(11-16)12-18-14(3)9-13(2)10-15(18)4/h9-10,16-17,19H,5-8,11-12H2,1-4H3. The van der Waals surface area contributed by atoms with Gasteiger partial charge in [-0.15, -0.1) is 0 Å². The summed E-state index contributed by atoms with van der Waals surface area (Å²) in [6.07, 6.45) is 8.21. The summed E-state index contributed by atoms with van der Waals surface area (Å²) in [5.74, 6) is 1.78. The van der Waals surface area contributed by atoms with E-state index in [0.717, 1.165) is 16.7 Å². The first-order valence-corrected chi connectivity index (χ1v) is 9.13. The van der Waals surface area contributed by atoms with Crippen molar-refractivity contribution in [2.24, 2.45) is 11.8 Å². The molecule has 1 aliphatic rings. The molecular formula is C19H29Br. The molecule has 3 unspecified atom stereocenters. The number of hydrogen-bond acceptors (Lipinski definition) is 0. The van der Waals surface area contributed by atoms with Crippen molar-refractivity contribution in [3.8, 4) is 0 Å². The Kier molecular flexibility index (Phi) is 5.72. The molecule has 1 fully saturated rings. The van der Waals surface area contributed by atoms with Gasteiger partial charge in [-0.1, -0.05) is 53.4 Å². The van der Waals surface area contributed by atoms with E-state index in [-0.39, 0.29) is 0 Å². The summed E-state index contributed by atoms with van der Waals surface area (Å²) < 4.78 is 0. The predicted octanol–water partition coefficient (Wildman–Crippen LogP) is 6.13. The zero-order valence-corrected chi connectivity index (χ0v) is 15.1. The monoisotopic (exact) mass is 336 g/mol. The van der Waals surface area contributed by atoms with Crippen LogP contribution in [0.5, 0.6) is 0 Å². The van der Waals surface area contributed by atoms with Crippen LogP contribution in [0.1, 0.15) is 61.3 Å². The van der Waals surface area contributed by atoms with Crippen LogP contribution in [-0.2, 0) is 6.42 Å². The smallest absolute Gasteiger partial charge is 0.0177 e. The van der Waals surface area contributed by atoms with Crippen molar-refractivity contribution in [2.75, 3.05) is 0 Å². The van der Waals surface area contributed by atoms with Gasteiger partial charge in [-0.25, -0.2) is 0 Å². The van der Waals surface area contributed by atoms with E-state index in [1.807, 2.05) is 0 Å². The molecule has 0 amide bonds. The van der Waals surface area contributed by atoms with E-state index in [1.54, 1.807) is 5.56 Å². The largest absolute Gasteiger partial charge is 0.0888 e. The molecule has 0 nitrogen and oxygen atoms in total. The molecule has 112 valence electrons. The Balaban J connectivity index is 2.11. The van der Waals surface area contributed by atoms with E-state index in [9.17, 15) is 0 Å². The van der Waals surface area contributed by atoms with Crippen LogP contribution in [0, 0.1) is 32.6 Å². The fraction of sp³-hybridized carbons (Fsp3) is 0.684. The maximum absolute atomic E-state index is 3.95. The van der Waals surface area contributed by atoms with Gasteiger partial charge in [0.15, 0.2) is 0 Å². The summed E-state index contributed by atoms with van der Waals surface area (Å²) in [5.41, 5.74) is 5.97. The van der Waals surface area contributed by atoms with Gasteiger partial charge in [0, 0.05) is 4.83 Å². The number of benzene rings is 1. The molecule has 3 atom stereocenters. The summed E-state index contributed by atoms with van der Waals surface area (Å²) >= 11 is 3.95. The normalized spacial score (nSPS) is 26.8. The summed E-state index contributed by atoms with van der Waals surface area (Å²) in [5, 5.41) is 0. The molecule has 0 radical (unpaired) electrons. The average molecular weight is 337 g/mol. The first-order chi connectivity index (χ1) is 9.51. The van der Waals surface area contributed by atoms with Crippen LogP contribution >= 0.6 is 15.9 Å². The SMILES string of the molecule is CCCC1CCC(Br)C(Cc2c(C)cc(C)cc2C)C1. The quantitative estimate of drug-likeness (QED) is 0.579. The number of alkyl halides is 1. The van der Waals surface area contributed by atoms with Gasteiger partial charge in [0.25, 0.3) is 0 Å². The second-order valence-electron chi connectivity index (χ2n) is 6.83. The van der Waals surface area contributed by atoms with Crippen molar-refractivity contribution in [2.45, 2.75) is 71.0 Å². The number of hydrogen-bond donors (Lipinski definition) is 0. The average Bonchev–Trinajstić information content (AvgIpc) is 2.37. The van der Waals surface area contributed by atoms with Gasteiger partial charge in [0.05, 0.1) is 0 Å². The van der Waals surface area contributed by atoms with Gasteiger partial charge in [-0.2, -0.15) is 0 Å². The molecular weight excluding hydrogens is 308 g/mol. The van der Waals surface area contributed by atoms with Gasteiger partial charge in [0.2, 0.25) is 0 Å². The van der Waals surface area contributed by atoms with Crippen LogP contribution in [0.25, 0.3) is 0 Å². The molecule has 20 heavy (non-hydrogen) atoms. The maximum atomic E-state index is 3.95. The maximum Gasteiger partial charge on any atom is 0.0177 e. The molecule has 2 rings (SSSR count). The molecule has 0 bridgehead atoms. The van der Waals surface area contributed by atoms with E-state index >= 15 is 0 Å². The number of aryl methyl sites for hydroxylation is 3. The molecule has 1 heteroatoms. The summed E-state index contributed by atoms with van der Waals surface area (Å²) in [6.45, 7) is 9.09. The van der Waals surface area contributed by atoms with Crippen molar-refractivity contribution in [3.63, 3.8) is 0 Å². The number of halogens is 1. The van der Waals surface area contributed by atoms with E-state index in [1.165, 1.54) is 55.2 Å². The van der Waals surface area contributed by atoms with Gasteiger partial charge in [-0.3, -0.25) is 0 Å². The van der Waals surface area contributed by atoms with Crippen LogP contribution < -0.4 is 0 Å². The molecule has 1 aliphatic carbocycles. The van der Waals surface area contributed by atoms with Crippen LogP contribution in [0.4, 0.5) is 0 Å². The van der Waals surface area contributed by atoms with Crippen LogP contribution in [0.2, 0.25) is 0 Å². The molecule has 0 spiro atoms. The first kappa shape index (κ1) is 16.1. The second-order valence-corrected chi connectivity index (χ2v) is 8.00. The highest BCUT2D eigenvalue weighted by Gasteiger charge is 2.29. The van der Waals surface area contributed by atoms with Crippen LogP contribution in [0.15, 0.2) is 12.1 Å². The van der Waals surface area contributed by atoms with Crippen LogP contribution in [0.3, 0.4) is 0 Å². The fourth-order valence-corrected chi connectivity index (χ4v) is 4.67. The topological polar surface area (TPSA) is 0 Å². The third kappa shape index (κ3) is 3.87. The predicted molar refractivity (Wildman–Crippen MR) is 92.8 cm³/mol. The molecule has 1 saturated carbocycles. The Labute approximate surface area is 133 Å². The summed E-state index contributed by atoms with van der Waals surface area (Å²) in [4.78, 5) is 0.718. The Bertz CT molecular complexity index is 426. The van der Waals surface area contributed by atoms with E-state index in [2.05, 4.69) is 55.8 Å². The zero-order chi connectivity index (χ0) is 14.7. The lowest BCUT2D eigenvalue weighted by Gasteiger charge is -2.34. The molecule has 0 N–H and O–H groups in total. The minimum Gasteiger partial charge on any atom is -0.0888 e.